The Morgan fingerprint density at radius 3 is 2.97 bits per heavy atom. The molecule has 1 fully saturated rings. The Hall–Kier alpha value is -2.66. The molecular formula is C23H28N6O3S2. The summed E-state index contributed by atoms with van der Waals surface area (Å²) < 4.78 is 5.19. The van der Waals surface area contributed by atoms with E-state index in [1.807, 2.05) is 11.8 Å². The largest absolute Gasteiger partial charge is 0.484 e. The van der Waals surface area contributed by atoms with Gasteiger partial charge in [0, 0.05) is 11.5 Å². The number of rotatable bonds is 4. The van der Waals surface area contributed by atoms with Crippen LogP contribution in [0.25, 0.3) is 0 Å². The monoisotopic (exact) mass is 500 g/mol. The number of nitrogens with one attached hydrogen (secondary N) is 3. The normalized spacial score (nSPS) is 26.1. The van der Waals surface area contributed by atoms with Crippen LogP contribution in [0.2, 0.25) is 0 Å². The van der Waals surface area contributed by atoms with Crippen LogP contribution in [0.3, 0.4) is 0 Å². The number of carbonyl (C=O) groups excluding carboxylic acids is 2. The van der Waals surface area contributed by atoms with Gasteiger partial charge in [0.2, 0.25) is 5.91 Å². The third kappa shape index (κ3) is 5.20. The maximum atomic E-state index is 12.4. The third-order valence-electron chi connectivity index (χ3n) is 5.98. The van der Waals surface area contributed by atoms with Crippen LogP contribution in [0.5, 0.6) is 0 Å². The second-order valence-corrected chi connectivity index (χ2v) is 10.7. The molecule has 0 bridgehead atoms. The van der Waals surface area contributed by atoms with Crippen molar-refractivity contribution < 1.29 is 14.3 Å². The molecule has 4 heterocycles. The second-order valence-electron chi connectivity index (χ2n) is 8.70. The minimum atomic E-state index is -0.754. The van der Waals surface area contributed by atoms with Crippen LogP contribution in [0.4, 0.5) is 0 Å². The highest BCUT2D eigenvalue weighted by molar-refractivity contribution is 8.14. The molecule has 34 heavy (non-hydrogen) atoms. The van der Waals surface area contributed by atoms with Crippen LogP contribution >= 0.6 is 23.5 Å². The van der Waals surface area contributed by atoms with E-state index < -0.39 is 12.0 Å². The van der Waals surface area contributed by atoms with Crippen LogP contribution in [0.15, 0.2) is 57.3 Å². The second kappa shape index (κ2) is 10.3. The van der Waals surface area contributed by atoms with Crippen molar-refractivity contribution in [2.75, 3.05) is 11.5 Å². The summed E-state index contributed by atoms with van der Waals surface area (Å²) >= 11 is 3.17. The van der Waals surface area contributed by atoms with Gasteiger partial charge in [-0.05, 0) is 56.4 Å². The number of hydrogen-bond acceptors (Lipinski definition) is 9. The average Bonchev–Trinajstić information content (AvgIpc) is 3.59. The predicted molar refractivity (Wildman–Crippen MR) is 135 cm³/mol. The van der Waals surface area contributed by atoms with Gasteiger partial charge in [0.15, 0.2) is 11.3 Å². The van der Waals surface area contributed by atoms with Crippen molar-refractivity contribution in [1.29, 1.82) is 0 Å². The number of thioether (sulfide) groups is 2. The number of carbonyl (C=O) groups is 2. The van der Waals surface area contributed by atoms with Crippen molar-refractivity contribution in [3.8, 4) is 0 Å². The topological polar surface area (TPSA) is 107 Å². The number of nitrogens with zero attached hydrogens (tertiary/aromatic N) is 3. The number of allylic oxidation sites excluding steroid dienone is 3. The maximum Gasteiger partial charge on any atom is 0.283 e. The SMILES string of the molecule is C=C1CCCCSC2=C(C1)C1NN=C(SCC(=O)NNC(=O)C3C=CC=CO3)N1C(C1CC1)=N2. The molecule has 4 aliphatic heterocycles. The number of fused-ring (bicyclic) bond motifs is 2. The van der Waals surface area contributed by atoms with Crippen LogP contribution < -0.4 is 16.3 Å². The zero-order valence-electron chi connectivity index (χ0n) is 18.8. The van der Waals surface area contributed by atoms with E-state index in [-0.39, 0.29) is 17.8 Å². The lowest BCUT2D eigenvalue weighted by Crippen LogP contribution is -2.49. The van der Waals surface area contributed by atoms with Crippen molar-refractivity contribution in [3.63, 3.8) is 0 Å². The van der Waals surface area contributed by atoms with E-state index in [0.717, 1.165) is 53.9 Å². The van der Waals surface area contributed by atoms with Crippen molar-refractivity contribution in [2.24, 2.45) is 16.0 Å². The number of amides is 2. The smallest absolute Gasteiger partial charge is 0.283 e. The Morgan fingerprint density at radius 2 is 2.18 bits per heavy atom. The summed E-state index contributed by atoms with van der Waals surface area (Å²) in [6.45, 7) is 4.29. The first-order valence-electron chi connectivity index (χ1n) is 11.5. The summed E-state index contributed by atoms with van der Waals surface area (Å²) in [5, 5.41) is 6.40. The van der Waals surface area contributed by atoms with Gasteiger partial charge in [0.05, 0.1) is 12.0 Å². The fourth-order valence-corrected chi connectivity index (χ4v) is 5.94. The summed E-state index contributed by atoms with van der Waals surface area (Å²) in [6.07, 6.45) is 12.0. The molecule has 1 saturated carbocycles. The Bertz CT molecular complexity index is 1030. The minimum absolute atomic E-state index is 0.0843. The molecule has 0 spiro atoms. The van der Waals surface area contributed by atoms with Gasteiger partial charge in [-0.25, -0.2) is 4.99 Å². The van der Waals surface area contributed by atoms with Crippen molar-refractivity contribution in [3.05, 3.63) is 47.2 Å². The van der Waals surface area contributed by atoms with Gasteiger partial charge in [-0.2, -0.15) is 5.10 Å². The Balaban J connectivity index is 1.22. The molecule has 0 aromatic rings. The fourth-order valence-electron chi connectivity index (χ4n) is 4.08. The van der Waals surface area contributed by atoms with E-state index in [0.29, 0.717) is 5.92 Å². The number of amidine groups is 2. The molecule has 5 rings (SSSR count). The molecule has 11 heteroatoms. The van der Waals surface area contributed by atoms with Crippen molar-refractivity contribution in [1.82, 2.24) is 21.2 Å². The molecular weight excluding hydrogens is 472 g/mol. The van der Waals surface area contributed by atoms with Gasteiger partial charge in [0.25, 0.3) is 5.91 Å². The average molecular weight is 501 g/mol. The fraction of sp³-hybridized carbons (Fsp3) is 0.478. The molecule has 180 valence electrons. The van der Waals surface area contributed by atoms with Crippen LogP contribution in [-0.2, 0) is 14.3 Å². The molecule has 0 radical (unpaired) electrons. The number of aliphatic imine (C=N–C) groups is 1. The molecule has 5 aliphatic rings. The first-order valence-corrected chi connectivity index (χ1v) is 13.5. The number of hydrogen-bond donors (Lipinski definition) is 3. The zero-order valence-corrected chi connectivity index (χ0v) is 20.4. The highest BCUT2D eigenvalue weighted by atomic mass is 32.2. The molecule has 9 nitrogen and oxygen atoms in total. The highest BCUT2D eigenvalue weighted by Gasteiger charge is 2.44. The first kappa shape index (κ1) is 23.1. The summed E-state index contributed by atoms with van der Waals surface area (Å²) in [5.74, 6) is 1.89. The van der Waals surface area contributed by atoms with Gasteiger partial charge in [-0.15, -0.1) is 11.8 Å². The van der Waals surface area contributed by atoms with E-state index in [1.165, 1.54) is 35.6 Å². The lowest BCUT2D eigenvalue weighted by atomic mass is 9.99. The van der Waals surface area contributed by atoms with Gasteiger partial charge in [-0.3, -0.25) is 30.8 Å². The molecule has 3 N–H and O–H groups in total. The Labute approximate surface area is 207 Å². The Morgan fingerprint density at radius 1 is 1.29 bits per heavy atom. The standard InChI is InChI=1S/C23H28N6O3S2/c1-14-6-3-5-11-33-22-16(12-14)20-26-28-23(29(20)19(24-22)15-8-9-15)34-13-18(30)25-27-21(31)17-7-2-4-10-32-17/h2,4,7,10,15,17,20,26H,1,3,5-6,8-9,11-13H2,(H,25,30)(H,27,31). The third-order valence-corrected chi connectivity index (χ3v) is 8.05. The minimum Gasteiger partial charge on any atom is -0.484 e. The maximum absolute atomic E-state index is 12.4. The lowest BCUT2D eigenvalue weighted by molar-refractivity contribution is -0.132. The van der Waals surface area contributed by atoms with Crippen molar-refractivity contribution in [2.45, 2.75) is 50.8 Å². The zero-order chi connectivity index (χ0) is 23.5. The molecule has 2 atom stereocenters. The molecule has 2 amide bonds. The van der Waals surface area contributed by atoms with E-state index in [2.05, 4.69) is 32.9 Å². The van der Waals surface area contributed by atoms with Crippen LogP contribution in [0.1, 0.15) is 38.5 Å². The van der Waals surface area contributed by atoms with Gasteiger partial charge < -0.3 is 4.74 Å². The lowest BCUT2D eigenvalue weighted by Gasteiger charge is -2.34. The predicted octanol–water partition coefficient (Wildman–Crippen LogP) is 2.74. The van der Waals surface area contributed by atoms with Crippen LogP contribution in [0, 0.1) is 5.92 Å². The molecule has 1 aliphatic carbocycles. The summed E-state index contributed by atoms with van der Waals surface area (Å²) in [6, 6.07) is 0. The first-order chi connectivity index (χ1) is 16.6. The van der Waals surface area contributed by atoms with Gasteiger partial charge in [-0.1, -0.05) is 30.0 Å². The Kier molecular flexibility index (Phi) is 7.00. The van der Waals surface area contributed by atoms with Crippen molar-refractivity contribution >= 4 is 46.3 Å². The summed E-state index contributed by atoms with van der Waals surface area (Å²) in [4.78, 5) is 31.8. The van der Waals surface area contributed by atoms with E-state index >= 15 is 0 Å². The summed E-state index contributed by atoms with van der Waals surface area (Å²) in [5.41, 5.74) is 10.6. The molecule has 0 aromatic heterocycles. The number of hydrazone groups is 1. The number of ether oxygens (including phenoxy) is 1. The van der Waals surface area contributed by atoms with Gasteiger partial charge >= 0.3 is 0 Å². The van der Waals surface area contributed by atoms with E-state index in [1.54, 1.807) is 18.2 Å². The van der Waals surface area contributed by atoms with E-state index in [4.69, 9.17) is 9.73 Å². The van der Waals surface area contributed by atoms with Gasteiger partial charge in [0.1, 0.15) is 17.0 Å². The van der Waals surface area contributed by atoms with E-state index in [9.17, 15) is 9.59 Å². The highest BCUT2D eigenvalue weighted by Crippen LogP contribution is 2.43. The summed E-state index contributed by atoms with van der Waals surface area (Å²) in [7, 11) is 0. The molecule has 0 saturated heterocycles. The molecule has 0 aromatic carbocycles. The van der Waals surface area contributed by atoms with Crippen LogP contribution in [-0.4, -0.2) is 51.5 Å². The quantitative estimate of drug-likeness (QED) is 0.402. The number of hydrazine groups is 1. The molecule has 2 unspecified atom stereocenters.